The third-order valence-corrected chi connectivity index (χ3v) is 11.6. The predicted molar refractivity (Wildman–Crippen MR) is 229 cm³/mol. The Morgan fingerprint density at radius 2 is 0.638 bits per heavy atom. The fourth-order valence-electron chi connectivity index (χ4n) is 8.75. The first kappa shape index (κ1) is 31.4. The molecule has 2 N–H and O–H groups in total. The van der Waals surface area contributed by atoms with Crippen LogP contribution in [0.1, 0.15) is 44.5 Å². The van der Waals surface area contributed by atoms with Gasteiger partial charge in [0, 0.05) is 44.5 Å². The Hall–Kier alpha value is -7.79. The van der Waals surface area contributed by atoms with Gasteiger partial charge >= 0.3 is 0 Å². The summed E-state index contributed by atoms with van der Waals surface area (Å²) in [4.78, 5) is 35.2. The maximum absolute atomic E-state index is 12.7. The fraction of sp³-hybridized carbons (Fsp3) is 0.0208. The summed E-state index contributed by atoms with van der Waals surface area (Å²) in [6.45, 7) is 0. The van der Waals surface area contributed by atoms with Crippen molar-refractivity contribution in [2.45, 2.75) is 5.85 Å². The van der Waals surface area contributed by atoms with Crippen LogP contribution < -0.4 is 0 Å². The average Bonchev–Trinajstić information content (AvgIpc) is 3.96. The van der Waals surface area contributed by atoms with E-state index < -0.39 is 5.85 Å². The van der Waals surface area contributed by atoms with Crippen molar-refractivity contribution < 1.29 is 10.3 Å². The van der Waals surface area contributed by atoms with Crippen LogP contribution in [0.5, 0.6) is 0 Å². The van der Waals surface area contributed by atoms with E-state index >= 15 is 0 Å². The quantitative estimate of drug-likeness (QED) is 0.161. The first-order chi connectivity index (χ1) is 28.4. The summed E-state index contributed by atoms with van der Waals surface area (Å²) in [5, 5.41) is 34.0. The van der Waals surface area contributed by atoms with Gasteiger partial charge in [-0.05, 0) is 91.6 Å². The topological polar surface area (TPSA) is 130 Å². The van der Waals surface area contributed by atoms with Crippen molar-refractivity contribution in [3.8, 4) is 0 Å². The first-order valence-electron chi connectivity index (χ1n) is 18.9. The van der Waals surface area contributed by atoms with E-state index in [4.69, 9.17) is 34.9 Å². The van der Waals surface area contributed by atoms with E-state index in [2.05, 4.69) is 0 Å². The second-order valence-electron chi connectivity index (χ2n) is 15.0. The highest BCUT2D eigenvalue weighted by atomic mass is 16.5. The van der Waals surface area contributed by atoms with Crippen LogP contribution in [0.25, 0.3) is 43.1 Å². The molecule has 0 amide bonds. The first-order valence-corrected chi connectivity index (χ1v) is 18.9. The van der Waals surface area contributed by atoms with Gasteiger partial charge in [0.1, 0.15) is 0 Å². The van der Waals surface area contributed by atoms with Gasteiger partial charge in [0.25, 0.3) is 5.85 Å². The molecule has 0 spiro atoms. The highest BCUT2D eigenvalue weighted by Gasteiger charge is 2.42. The molecule has 0 aliphatic carbocycles. The Labute approximate surface area is 329 Å². The highest BCUT2D eigenvalue weighted by molar-refractivity contribution is 6.35. The second kappa shape index (κ2) is 11.2. The van der Waals surface area contributed by atoms with Crippen LogP contribution in [0.3, 0.4) is 0 Å². The van der Waals surface area contributed by atoms with Gasteiger partial charge < -0.3 is 5.11 Å². The minimum atomic E-state index is -2.09. The van der Waals surface area contributed by atoms with E-state index in [1.807, 2.05) is 146 Å². The largest absolute Gasteiger partial charge is 0.347 e. The zero-order chi connectivity index (χ0) is 38.3. The Balaban J connectivity index is 1.14. The third kappa shape index (κ3) is 4.40. The number of rotatable bonds is 0. The molecule has 8 aromatic rings. The number of hydrogen-bond acceptors (Lipinski definition) is 10. The molecular formula is C48H26N8O2. The molecule has 58 heavy (non-hydrogen) atoms. The predicted octanol–water partition coefficient (Wildman–Crippen LogP) is 8.49. The number of nitrogens with zero attached hydrogens (tertiary/aromatic N) is 8. The van der Waals surface area contributed by atoms with Crippen molar-refractivity contribution >= 4 is 83.9 Å². The van der Waals surface area contributed by atoms with E-state index in [0.717, 1.165) is 59.3 Å². The number of aliphatic hydroxyl groups is 1. The van der Waals surface area contributed by atoms with Crippen molar-refractivity contribution in [2.75, 3.05) is 0 Å². The van der Waals surface area contributed by atoms with Gasteiger partial charge in [0.15, 0.2) is 40.8 Å². The summed E-state index contributed by atoms with van der Waals surface area (Å²) in [6, 6.07) is 48.1. The zero-order valence-corrected chi connectivity index (χ0v) is 30.3. The Bertz CT molecular complexity index is 3500. The van der Waals surface area contributed by atoms with Gasteiger partial charge in [-0.15, -0.1) is 0 Å². The summed E-state index contributed by atoms with van der Waals surface area (Å²) >= 11 is 0. The van der Waals surface area contributed by atoms with Gasteiger partial charge in [-0.2, -0.15) is 5.06 Å². The van der Waals surface area contributed by atoms with Gasteiger partial charge in [0.2, 0.25) is 0 Å². The number of benzene rings is 8. The lowest BCUT2D eigenvalue weighted by Crippen LogP contribution is -2.33. The number of hydrogen-bond donors (Lipinski definition) is 2. The smallest absolute Gasteiger partial charge is 0.286 e. The van der Waals surface area contributed by atoms with Crippen LogP contribution in [-0.4, -0.2) is 56.2 Å². The standard InChI is InChI=1S/C48H26N8O2/c57-48-40-24-32-16-8-7-15-31(32)23-39(40)45(55-48)51-43-36-20-28-12-4-6-14-30(28)22-38(36)47(53-43)56(58)46-37-21-29-13-5-3-11-27(29)19-35(37)42(52-46)49-41-33-17-25-9-1-2-10-26(25)18-34(33)44(50-41)54-48/h1-24,57-58H. The Morgan fingerprint density at radius 3 is 1.07 bits per heavy atom. The summed E-state index contributed by atoms with van der Waals surface area (Å²) in [5.74, 6) is -0.00591. The second-order valence-corrected chi connectivity index (χ2v) is 15.0. The van der Waals surface area contributed by atoms with Crippen molar-refractivity contribution in [3.63, 3.8) is 0 Å². The molecule has 0 saturated heterocycles. The Kier molecular flexibility index (Phi) is 6.05. The van der Waals surface area contributed by atoms with Crippen LogP contribution >= 0.6 is 0 Å². The average molecular weight is 747 g/mol. The molecule has 0 radical (unpaired) electrons. The molecule has 1 atom stereocenters. The maximum atomic E-state index is 12.7. The number of aliphatic imine (C=N–C) groups is 7. The summed E-state index contributed by atoms with van der Waals surface area (Å²) < 4.78 is 0. The van der Waals surface area contributed by atoms with Crippen molar-refractivity contribution in [3.05, 3.63) is 190 Å². The lowest BCUT2D eigenvalue weighted by atomic mass is 9.98. The fourth-order valence-corrected chi connectivity index (χ4v) is 8.75. The van der Waals surface area contributed by atoms with Gasteiger partial charge in [-0.3, -0.25) is 5.21 Å². The number of hydroxylamine groups is 2. The molecule has 0 saturated carbocycles. The van der Waals surface area contributed by atoms with Crippen molar-refractivity contribution in [1.82, 2.24) is 5.06 Å². The molecule has 10 heteroatoms. The molecule has 8 bridgehead atoms. The molecule has 13 rings (SSSR count). The van der Waals surface area contributed by atoms with Gasteiger partial charge in [-0.25, -0.2) is 34.9 Å². The monoisotopic (exact) mass is 746 g/mol. The van der Waals surface area contributed by atoms with Crippen LogP contribution in [0.2, 0.25) is 0 Å². The molecule has 8 aromatic carbocycles. The molecule has 1 unspecified atom stereocenters. The molecular weight excluding hydrogens is 721 g/mol. The minimum Gasteiger partial charge on any atom is -0.347 e. The summed E-state index contributed by atoms with van der Waals surface area (Å²) in [6.07, 6.45) is 0. The van der Waals surface area contributed by atoms with Crippen molar-refractivity contribution in [2.24, 2.45) is 34.9 Å². The molecule has 5 heterocycles. The van der Waals surface area contributed by atoms with Crippen LogP contribution in [-0.2, 0) is 5.85 Å². The highest BCUT2D eigenvalue weighted by Crippen LogP contribution is 2.41. The van der Waals surface area contributed by atoms with E-state index in [0.29, 0.717) is 50.9 Å². The SMILES string of the molecule is ON1C2=NC(=NC3=NC(=NC4(O)N=C(N=C5N=C1c1cc6ccccc6cc15)c1cc5ccccc5cc14)c1cc4ccccc4cc13)c1cc3ccccc3cc12. The summed E-state index contributed by atoms with van der Waals surface area (Å²) in [7, 11) is 0. The van der Waals surface area contributed by atoms with Crippen LogP contribution in [0.15, 0.2) is 181 Å². The van der Waals surface area contributed by atoms with Crippen LogP contribution in [0, 0.1) is 0 Å². The lowest BCUT2D eigenvalue weighted by molar-refractivity contribution is 0.0605. The molecule has 5 aliphatic rings. The van der Waals surface area contributed by atoms with E-state index in [-0.39, 0.29) is 23.3 Å². The normalized spacial score (nSPS) is 18.6. The maximum Gasteiger partial charge on any atom is 0.286 e. The number of fused-ring (bicyclic) bond motifs is 20. The summed E-state index contributed by atoms with van der Waals surface area (Å²) in [5.41, 5.74) is 5.28. The molecule has 0 fully saturated rings. The third-order valence-electron chi connectivity index (χ3n) is 11.6. The molecule has 10 nitrogen and oxygen atoms in total. The number of amidine groups is 7. The van der Waals surface area contributed by atoms with E-state index in [1.165, 1.54) is 0 Å². The molecule has 5 aliphatic heterocycles. The van der Waals surface area contributed by atoms with Gasteiger partial charge in [-0.1, -0.05) is 97.1 Å². The molecule has 0 aromatic heterocycles. The molecule has 270 valence electrons. The van der Waals surface area contributed by atoms with Gasteiger partial charge in [0.05, 0.1) is 0 Å². The Morgan fingerprint density at radius 1 is 0.345 bits per heavy atom. The van der Waals surface area contributed by atoms with Crippen molar-refractivity contribution in [1.29, 1.82) is 0 Å². The van der Waals surface area contributed by atoms with E-state index in [1.54, 1.807) is 0 Å². The zero-order valence-electron chi connectivity index (χ0n) is 30.3. The lowest BCUT2D eigenvalue weighted by Gasteiger charge is -2.18. The minimum absolute atomic E-state index is 0.244. The van der Waals surface area contributed by atoms with Crippen LogP contribution in [0.4, 0.5) is 0 Å². The van der Waals surface area contributed by atoms with E-state index in [9.17, 15) is 10.3 Å².